The Hall–Kier alpha value is -2.01. The van der Waals surface area contributed by atoms with Gasteiger partial charge in [0.05, 0.1) is 6.04 Å². The third-order valence-electron chi connectivity index (χ3n) is 3.64. The molecule has 2 heterocycles. The molecule has 20 heavy (non-hydrogen) atoms. The molecule has 1 aromatic carbocycles. The van der Waals surface area contributed by atoms with Crippen LogP contribution in [0.2, 0.25) is 0 Å². The molecule has 0 aromatic heterocycles. The zero-order chi connectivity index (χ0) is 13.9. The van der Waals surface area contributed by atoms with Crippen LogP contribution < -0.4 is 14.8 Å². The molecule has 3 rings (SSSR count). The van der Waals surface area contributed by atoms with Crippen molar-refractivity contribution in [2.45, 2.75) is 13.0 Å². The van der Waals surface area contributed by atoms with Crippen molar-refractivity contribution < 1.29 is 14.3 Å². The largest absolute Gasteiger partial charge is 0.454 e. The molecule has 0 saturated carbocycles. The minimum atomic E-state index is 0.0525. The second kappa shape index (κ2) is 5.54. The number of hydrogen-bond donors (Lipinski definition) is 1. The highest BCUT2D eigenvalue weighted by molar-refractivity contribution is 5.92. The molecule has 1 aromatic rings. The van der Waals surface area contributed by atoms with Crippen LogP contribution in [0.4, 0.5) is 0 Å². The number of carbonyl (C=O) groups excluding carboxylic acids is 1. The number of carbonyl (C=O) groups is 1. The maximum absolute atomic E-state index is 12.2. The van der Waals surface area contributed by atoms with Gasteiger partial charge in [-0.05, 0) is 30.7 Å². The van der Waals surface area contributed by atoms with Crippen LogP contribution in [-0.2, 0) is 4.79 Å². The highest BCUT2D eigenvalue weighted by atomic mass is 16.7. The number of hydrogen-bond acceptors (Lipinski definition) is 4. The average Bonchev–Trinajstić information content (AvgIpc) is 2.87. The van der Waals surface area contributed by atoms with Crippen LogP contribution in [0.5, 0.6) is 11.5 Å². The van der Waals surface area contributed by atoms with E-state index in [1.807, 2.05) is 36.1 Å². The first-order valence-electron chi connectivity index (χ1n) is 6.87. The van der Waals surface area contributed by atoms with Gasteiger partial charge >= 0.3 is 0 Å². The molecule has 2 aliphatic heterocycles. The van der Waals surface area contributed by atoms with Crippen molar-refractivity contribution in [3.05, 3.63) is 29.8 Å². The molecule has 1 saturated heterocycles. The van der Waals surface area contributed by atoms with Gasteiger partial charge in [-0.1, -0.05) is 6.07 Å². The lowest BCUT2D eigenvalue weighted by molar-refractivity contribution is -0.128. The third kappa shape index (κ3) is 2.49. The van der Waals surface area contributed by atoms with E-state index in [0.717, 1.165) is 36.7 Å². The minimum absolute atomic E-state index is 0.0525. The van der Waals surface area contributed by atoms with Crippen molar-refractivity contribution in [3.63, 3.8) is 0 Å². The van der Waals surface area contributed by atoms with Crippen LogP contribution in [0.3, 0.4) is 0 Å². The summed E-state index contributed by atoms with van der Waals surface area (Å²) in [6, 6.07) is 5.99. The van der Waals surface area contributed by atoms with E-state index in [0.29, 0.717) is 6.04 Å². The maximum atomic E-state index is 12.2. The van der Waals surface area contributed by atoms with Crippen LogP contribution in [0.1, 0.15) is 12.5 Å². The van der Waals surface area contributed by atoms with E-state index >= 15 is 0 Å². The summed E-state index contributed by atoms with van der Waals surface area (Å²) in [5.41, 5.74) is 0.936. The summed E-state index contributed by atoms with van der Waals surface area (Å²) >= 11 is 0. The highest BCUT2D eigenvalue weighted by Crippen LogP contribution is 2.32. The van der Waals surface area contributed by atoms with Crippen LogP contribution in [0.25, 0.3) is 6.08 Å². The predicted molar refractivity (Wildman–Crippen MR) is 75.6 cm³/mol. The van der Waals surface area contributed by atoms with Crippen LogP contribution in [0, 0.1) is 0 Å². The lowest BCUT2D eigenvalue weighted by Crippen LogP contribution is -2.58. The van der Waals surface area contributed by atoms with Gasteiger partial charge in [0.1, 0.15) is 0 Å². The van der Waals surface area contributed by atoms with Crippen LogP contribution in [0.15, 0.2) is 24.3 Å². The summed E-state index contributed by atoms with van der Waals surface area (Å²) in [7, 11) is 0. The van der Waals surface area contributed by atoms with Crippen LogP contribution >= 0.6 is 0 Å². The van der Waals surface area contributed by atoms with Crippen molar-refractivity contribution in [2.75, 3.05) is 26.4 Å². The normalized spacial score (nSPS) is 17.2. The molecule has 2 aliphatic rings. The van der Waals surface area contributed by atoms with Gasteiger partial charge in [0.25, 0.3) is 0 Å². The van der Waals surface area contributed by atoms with Gasteiger partial charge in [-0.25, -0.2) is 0 Å². The van der Waals surface area contributed by atoms with E-state index in [-0.39, 0.29) is 12.7 Å². The van der Waals surface area contributed by atoms with E-state index in [4.69, 9.17) is 9.47 Å². The van der Waals surface area contributed by atoms with E-state index in [2.05, 4.69) is 5.32 Å². The molecule has 1 fully saturated rings. The molecule has 0 unspecified atom stereocenters. The van der Waals surface area contributed by atoms with Crippen LogP contribution in [-0.4, -0.2) is 43.3 Å². The molecule has 0 radical (unpaired) electrons. The zero-order valence-corrected chi connectivity index (χ0v) is 11.5. The molecule has 0 atom stereocenters. The number of benzene rings is 1. The molecular weight excluding hydrogens is 256 g/mol. The fourth-order valence-corrected chi connectivity index (χ4v) is 2.37. The van der Waals surface area contributed by atoms with Gasteiger partial charge in [0.2, 0.25) is 12.7 Å². The fraction of sp³-hybridized carbons (Fsp3) is 0.400. The van der Waals surface area contributed by atoms with Crippen molar-refractivity contribution in [2.24, 2.45) is 0 Å². The second-order valence-electron chi connectivity index (χ2n) is 4.88. The number of ether oxygens (including phenoxy) is 2. The number of nitrogens with zero attached hydrogens (tertiary/aromatic N) is 1. The minimum Gasteiger partial charge on any atom is -0.454 e. The lowest BCUT2D eigenvalue weighted by atomic mass is 10.1. The number of likely N-dealkylation sites (N-methyl/N-ethyl adjacent to an activating group) is 1. The Bertz CT molecular complexity index is 538. The Morgan fingerprint density at radius 2 is 2.20 bits per heavy atom. The molecule has 106 valence electrons. The summed E-state index contributed by atoms with van der Waals surface area (Å²) in [6.07, 6.45) is 3.44. The standard InChI is InChI=1S/C15H18N2O3/c1-2-17(12-8-16-9-12)15(18)6-4-11-3-5-13-14(7-11)20-10-19-13/h3-7,12,16H,2,8-10H2,1H3. The van der Waals surface area contributed by atoms with Gasteiger partial charge < -0.3 is 19.7 Å². The molecule has 0 bridgehead atoms. The van der Waals surface area contributed by atoms with Gasteiger partial charge in [-0.15, -0.1) is 0 Å². The SMILES string of the molecule is CCN(C(=O)C=Cc1ccc2c(c1)OCO2)C1CNC1. The molecule has 1 amide bonds. The maximum Gasteiger partial charge on any atom is 0.246 e. The highest BCUT2D eigenvalue weighted by Gasteiger charge is 2.25. The molecule has 1 N–H and O–H groups in total. The quantitative estimate of drug-likeness (QED) is 0.840. The number of nitrogens with one attached hydrogen (secondary N) is 1. The molecular formula is C15H18N2O3. The van der Waals surface area contributed by atoms with Crippen molar-refractivity contribution in [3.8, 4) is 11.5 Å². The summed E-state index contributed by atoms with van der Waals surface area (Å²) in [6.45, 7) is 4.77. The Morgan fingerprint density at radius 3 is 2.90 bits per heavy atom. The number of amides is 1. The summed E-state index contributed by atoms with van der Waals surface area (Å²) in [5, 5.41) is 3.18. The van der Waals surface area contributed by atoms with E-state index in [9.17, 15) is 4.79 Å². The van der Waals surface area contributed by atoms with Gasteiger partial charge in [0.15, 0.2) is 11.5 Å². The van der Waals surface area contributed by atoms with Crippen molar-refractivity contribution in [1.29, 1.82) is 0 Å². The van der Waals surface area contributed by atoms with Crippen molar-refractivity contribution in [1.82, 2.24) is 10.2 Å². The van der Waals surface area contributed by atoms with Gasteiger partial charge in [-0.3, -0.25) is 4.79 Å². The molecule has 5 nitrogen and oxygen atoms in total. The predicted octanol–water partition coefficient (Wildman–Crippen LogP) is 1.25. The first-order chi connectivity index (χ1) is 9.78. The Morgan fingerprint density at radius 1 is 1.40 bits per heavy atom. The van der Waals surface area contributed by atoms with Gasteiger partial charge in [0, 0.05) is 25.7 Å². The summed E-state index contributed by atoms with van der Waals surface area (Å²) in [4.78, 5) is 14.1. The topological polar surface area (TPSA) is 50.8 Å². The monoisotopic (exact) mass is 274 g/mol. The number of rotatable bonds is 4. The first-order valence-corrected chi connectivity index (χ1v) is 6.87. The first kappa shape index (κ1) is 13.0. The summed E-state index contributed by atoms with van der Waals surface area (Å²) in [5.74, 6) is 1.54. The van der Waals surface area contributed by atoms with E-state index < -0.39 is 0 Å². The van der Waals surface area contributed by atoms with E-state index in [1.54, 1.807) is 6.08 Å². The summed E-state index contributed by atoms with van der Waals surface area (Å²) < 4.78 is 10.6. The lowest BCUT2D eigenvalue weighted by Gasteiger charge is -2.37. The van der Waals surface area contributed by atoms with E-state index in [1.165, 1.54) is 0 Å². The smallest absolute Gasteiger partial charge is 0.246 e. The Balaban J connectivity index is 1.68. The third-order valence-corrected chi connectivity index (χ3v) is 3.64. The molecule has 0 spiro atoms. The fourth-order valence-electron chi connectivity index (χ4n) is 2.37. The Kier molecular flexibility index (Phi) is 3.60. The zero-order valence-electron chi connectivity index (χ0n) is 11.5. The van der Waals surface area contributed by atoms with Gasteiger partial charge in [-0.2, -0.15) is 0 Å². The molecule has 0 aliphatic carbocycles. The second-order valence-corrected chi connectivity index (χ2v) is 4.88. The average molecular weight is 274 g/mol. The van der Waals surface area contributed by atoms with Crippen molar-refractivity contribution >= 4 is 12.0 Å². The molecule has 5 heteroatoms. The number of fused-ring (bicyclic) bond motifs is 1. The Labute approximate surface area is 118 Å².